The summed E-state index contributed by atoms with van der Waals surface area (Å²) in [5.74, 6) is -2.58. The van der Waals surface area contributed by atoms with Gasteiger partial charge in [-0.2, -0.15) is 0 Å². The Morgan fingerprint density at radius 3 is 2.29 bits per heavy atom. The number of hydrogen-bond donors (Lipinski definition) is 0. The summed E-state index contributed by atoms with van der Waals surface area (Å²) in [7, 11) is 0. The van der Waals surface area contributed by atoms with E-state index in [1.807, 2.05) is 67.4 Å². The van der Waals surface area contributed by atoms with Crippen molar-refractivity contribution in [1.29, 1.82) is 0 Å². The Morgan fingerprint density at radius 2 is 1.58 bits per heavy atom. The van der Waals surface area contributed by atoms with Crippen LogP contribution in [0.4, 0.5) is 5.69 Å². The van der Waals surface area contributed by atoms with Crippen molar-refractivity contribution >= 4 is 35.3 Å². The molecule has 2 amide bonds. The van der Waals surface area contributed by atoms with Crippen molar-refractivity contribution < 1.29 is 23.9 Å². The van der Waals surface area contributed by atoms with Crippen LogP contribution in [0, 0.1) is 25.7 Å². The second kappa shape index (κ2) is 8.80. The molecule has 0 bridgehead atoms. The van der Waals surface area contributed by atoms with Crippen LogP contribution in [-0.4, -0.2) is 34.5 Å². The molecule has 7 heteroatoms. The molecule has 2 fully saturated rings. The molecule has 3 aromatic carbocycles. The first-order valence-electron chi connectivity index (χ1n) is 12.6. The molecule has 0 aromatic heterocycles. The molecule has 190 valence electrons. The maximum atomic E-state index is 14.1. The van der Waals surface area contributed by atoms with Gasteiger partial charge in [0.2, 0.25) is 11.8 Å². The number of carbonyl (C=O) groups excluding carboxylic acids is 4. The van der Waals surface area contributed by atoms with Crippen LogP contribution in [0.1, 0.15) is 45.6 Å². The van der Waals surface area contributed by atoms with Crippen LogP contribution in [0.2, 0.25) is 0 Å². The SMILES string of the molecule is CC(=O)Oc1ccc(C(=O)[C@@H]2[C@@H]3C(=O)N(c4ccc(C)cc4C)C(=O)[C@H]3[C@H]3c4ccccc4C=CN23)cc1. The monoisotopic (exact) mass is 506 g/mol. The second-order valence-corrected chi connectivity index (χ2v) is 10.1. The smallest absolute Gasteiger partial charge is 0.308 e. The van der Waals surface area contributed by atoms with Gasteiger partial charge in [0, 0.05) is 18.7 Å². The van der Waals surface area contributed by atoms with Crippen LogP contribution in [0.15, 0.2) is 72.9 Å². The van der Waals surface area contributed by atoms with Gasteiger partial charge in [-0.15, -0.1) is 0 Å². The van der Waals surface area contributed by atoms with Crippen LogP contribution in [0.5, 0.6) is 5.75 Å². The number of aryl methyl sites for hydroxylation is 2. The van der Waals surface area contributed by atoms with Gasteiger partial charge in [-0.3, -0.25) is 19.2 Å². The third-order valence-electron chi connectivity index (χ3n) is 7.72. The first-order chi connectivity index (χ1) is 18.3. The van der Waals surface area contributed by atoms with E-state index in [-0.39, 0.29) is 17.6 Å². The molecule has 0 radical (unpaired) electrons. The molecule has 4 atom stereocenters. The largest absolute Gasteiger partial charge is 0.427 e. The third kappa shape index (κ3) is 3.57. The summed E-state index contributed by atoms with van der Waals surface area (Å²) in [6.07, 6.45) is 3.76. The van der Waals surface area contributed by atoms with Crippen molar-refractivity contribution in [2.45, 2.75) is 32.9 Å². The lowest BCUT2D eigenvalue weighted by molar-refractivity contribution is -0.132. The van der Waals surface area contributed by atoms with E-state index in [0.717, 1.165) is 22.3 Å². The Hall–Kier alpha value is -4.52. The Balaban J connectivity index is 1.45. The Morgan fingerprint density at radius 1 is 0.868 bits per heavy atom. The van der Waals surface area contributed by atoms with Crippen molar-refractivity contribution in [3.63, 3.8) is 0 Å². The molecule has 0 unspecified atom stereocenters. The normalized spacial score (nSPS) is 23.2. The van der Waals surface area contributed by atoms with E-state index in [2.05, 4.69) is 0 Å². The molecule has 3 aliphatic heterocycles. The zero-order valence-electron chi connectivity index (χ0n) is 21.3. The van der Waals surface area contributed by atoms with Crippen LogP contribution in [0.25, 0.3) is 6.08 Å². The van der Waals surface area contributed by atoms with Gasteiger partial charge in [-0.05, 0) is 66.9 Å². The van der Waals surface area contributed by atoms with E-state index in [1.165, 1.54) is 11.8 Å². The lowest BCUT2D eigenvalue weighted by Gasteiger charge is -2.35. The van der Waals surface area contributed by atoms with E-state index >= 15 is 0 Å². The third-order valence-corrected chi connectivity index (χ3v) is 7.72. The van der Waals surface area contributed by atoms with Crippen LogP contribution in [0.3, 0.4) is 0 Å². The molecular weight excluding hydrogens is 480 g/mol. The second-order valence-electron chi connectivity index (χ2n) is 10.1. The Bertz CT molecular complexity index is 1540. The molecule has 3 aromatic rings. The molecule has 7 nitrogen and oxygen atoms in total. The van der Waals surface area contributed by atoms with Crippen LogP contribution in [-0.2, 0) is 14.4 Å². The summed E-state index contributed by atoms with van der Waals surface area (Å²) in [5.41, 5.74) is 4.70. The number of fused-ring (bicyclic) bond motifs is 5. The van der Waals surface area contributed by atoms with Gasteiger partial charge < -0.3 is 9.64 Å². The molecule has 38 heavy (non-hydrogen) atoms. The highest BCUT2D eigenvalue weighted by Crippen LogP contribution is 2.54. The number of rotatable bonds is 4. The summed E-state index contributed by atoms with van der Waals surface area (Å²) in [5, 5.41) is 0. The zero-order valence-corrected chi connectivity index (χ0v) is 21.3. The van der Waals surface area contributed by atoms with Gasteiger partial charge in [-0.25, -0.2) is 4.90 Å². The highest BCUT2D eigenvalue weighted by molar-refractivity contribution is 6.25. The number of ether oxygens (including phenoxy) is 1. The number of hydrogen-bond acceptors (Lipinski definition) is 6. The Labute approximate surface area is 220 Å². The summed E-state index contributed by atoms with van der Waals surface area (Å²) in [4.78, 5) is 56.6. The minimum atomic E-state index is -0.860. The van der Waals surface area contributed by atoms with Gasteiger partial charge >= 0.3 is 5.97 Å². The fourth-order valence-electron chi connectivity index (χ4n) is 6.17. The maximum absolute atomic E-state index is 14.1. The minimum absolute atomic E-state index is 0.260. The molecule has 0 spiro atoms. The van der Waals surface area contributed by atoms with Crippen molar-refractivity contribution in [1.82, 2.24) is 4.90 Å². The fourth-order valence-corrected chi connectivity index (χ4v) is 6.17. The quantitative estimate of drug-likeness (QED) is 0.222. The maximum Gasteiger partial charge on any atom is 0.308 e. The van der Waals surface area contributed by atoms with Crippen molar-refractivity contribution in [2.75, 3.05) is 4.90 Å². The lowest BCUT2D eigenvalue weighted by atomic mass is 9.83. The molecule has 0 saturated carbocycles. The average Bonchev–Trinajstić information content (AvgIpc) is 3.36. The minimum Gasteiger partial charge on any atom is -0.427 e. The molecule has 0 N–H and O–H groups in total. The number of carbonyl (C=O) groups is 4. The van der Waals surface area contributed by atoms with Crippen molar-refractivity contribution in [3.05, 3.63) is 101 Å². The number of Topliss-reactive ketones (excluding diaryl/α,β-unsaturated/α-hetero) is 1. The van der Waals surface area contributed by atoms with E-state index in [9.17, 15) is 19.2 Å². The number of benzene rings is 3. The molecule has 0 aliphatic carbocycles. The molecule has 6 rings (SSSR count). The van der Waals surface area contributed by atoms with Gasteiger partial charge in [0.25, 0.3) is 0 Å². The standard InChI is InChI=1S/C31H26N2O5/c1-17-8-13-24(18(2)16-17)33-30(36)25-26(31(33)37)28(29(35)21-9-11-22(12-10-21)38-19(3)34)32-15-14-20-6-4-5-7-23(20)27(25)32/h4-16,25-28H,1-3H3/t25-,26-,27-,28+/m1/s1. The number of ketones is 1. The summed E-state index contributed by atoms with van der Waals surface area (Å²) in [6, 6.07) is 18.4. The molecular formula is C31H26N2O5. The number of nitrogens with zero attached hydrogens (tertiary/aromatic N) is 2. The highest BCUT2D eigenvalue weighted by atomic mass is 16.5. The summed E-state index contributed by atoms with van der Waals surface area (Å²) in [6.45, 7) is 5.15. The van der Waals surface area contributed by atoms with Gasteiger partial charge in [-0.1, -0.05) is 42.0 Å². The van der Waals surface area contributed by atoms with Crippen molar-refractivity contribution in [2.24, 2.45) is 11.8 Å². The fraction of sp³-hybridized carbons (Fsp3) is 0.226. The van der Waals surface area contributed by atoms with Crippen LogP contribution < -0.4 is 9.64 Å². The Kier molecular flexibility index (Phi) is 5.52. The predicted molar refractivity (Wildman–Crippen MR) is 141 cm³/mol. The molecule has 3 aliphatic rings. The predicted octanol–water partition coefficient (Wildman–Crippen LogP) is 4.63. The van der Waals surface area contributed by atoms with Gasteiger partial charge in [0.15, 0.2) is 5.78 Å². The molecule has 2 saturated heterocycles. The average molecular weight is 507 g/mol. The topological polar surface area (TPSA) is 84.0 Å². The lowest BCUT2D eigenvalue weighted by Crippen LogP contribution is -2.44. The van der Waals surface area contributed by atoms with Gasteiger partial charge in [0.05, 0.1) is 23.6 Å². The molecule has 3 heterocycles. The van der Waals surface area contributed by atoms with E-state index < -0.39 is 29.9 Å². The number of imide groups is 1. The van der Waals surface area contributed by atoms with E-state index in [1.54, 1.807) is 30.3 Å². The summed E-state index contributed by atoms with van der Waals surface area (Å²) >= 11 is 0. The first-order valence-corrected chi connectivity index (χ1v) is 12.6. The van der Waals surface area contributed by atoms with Crippen molar-refractivity contribution in [3.8, 4) is 5.75 Å². The number of amides is 2. The highest BCUT2D eigenvalue weighted by Gasteiger charge is 2.64. The first kappa shape index (κ1) is 23.9. The number of esters is 1. The van der Waals surface area contributed by atoms with E-state index in [4.69, 9.17) is 4.74 Å². The van der Waals surface area contributed by atoms with Crippen LogP contribution >= 0.6 is 0 Å². The number of anilines is 1. The summed E-state index contributed by atoms with van der Waals surface area (Å²) < 4.78 is 5.11. The van der Waals surface area contributed by atoms with E-state index in [0.29, 0.717) is 17.0 Å². The zero-order chi connectivity index (χ0) is 26.7. The van der Waals surface area contributed by atoms with Gasteiger partial charge in [0.1, 0.15) is 11.8 Å².